The molecule has 200 valence electrons. The van der Waals surface area contributed by atoms with Crippen LogP contribution in [0, 0.1) is 11.3 Å². The molecular weight excluding hydrogens is 493 g/mol. The SMILES string of the molecule is CCOC1C=C(F)C=CC1(Cc1nc(-c2ccc(OC(F)F)c(OCC3CC3)c2)oc1C(C)N)C(=O)O. The Labute approximate surface area is 211 Å². The zero-order valence-electron chi connectivity index (χ0n) is 20.5. The zero-order valence-corrected chi connectivity index (χ0v) is 20.5. The molecule has 3 unspecified atom stereocenters. The minimum Gasteiger partial charge on any atom is -0.489 e. The summed E-state index contributed by atoms with van der Waals surface area (Å²) in [6, 6.07) is 3.64. The standard InChI is InChI=1S/C26H29F3N2O6/c1-3-34-21-11-17(27)8-9-26(21,24(32)33)12-18-22(14(2)30)37-23(31-18)16-6-7-19(36-25(28)29)20(10-16)35-13-15-4-5-15/h6-11,14-15,21,25H,3-5,12-13,30H2,1-2H3,(H,32,33). The highest BCUT2D eigenvalue weighted by molar-refractivity contribution is 5.79. The number of oxazole rings is 1. The van der Waals surface area contributed by atoms with E-state index in [1.807, 2.05) is 0 Å². The number of ether oxygens (including phenoxy) is 3. The number of allylic oxidation sites excluding steroid dienone is 2. The van der Waals surface area contributed by atoms with Gasteiger partial charge in [-0.2, -0.15) is 8.78 Å². The monoisotopic (exact) mass is 522 g/mol. The Morgan fingerprint density at radius 3 is 2.70 bits per heavy atom. The summed E-state index contributed by atoms with van der Waals surface area (Å²) in [5.74, 6) is -1.14. The first-order valence-corrected chi connectivity index (χ1v) is 12.0. The Morgan fingerprint density at radius 2 is 2.08 bits per heavy atom. The molecule has 3 N–H and O–H groups in total. The minimum absolute atomic E-state index is 0.0946. The first-order valence-electron chi connectivity index (χ1n) is 12.0. The Hall–Kier alpha value is -3.31. The van der Waals surface area contributed by atoms with E-state index in [1.54, 1.807) is 13.8 Å². The molecule has 0 radical (unpaired) electrons. The van der Waals surface area contributed by atoms with Crippen molar-refractivity contribution in [3.05, 3.63) is 53.7 Å². The van der Waals surface area contributed by atoms with Crippen LogP contribution in [0.4, 0.5) is 13.2 Å². The van der Waals surface area contributed by atoms with E-state index < -0.39 is 36.0 Å². The molecule has 2 aliphatic rings. The van der Waals surface area contributed by atoms with Crippen molar-refractivity contribution in [2.45, 2.75) is 51.9 Å². The summed E-state index contributed by atoms with van der Waals surface area (Å²) >= 11 is 0. The third-order valence-corrected chi connectivity index (χ3v) is 6.28. The summed E-state index contributed by atoms with van der Waals surface area (Å²) in [4.78, 5) is 17.0. The van der Waals surface area contributed by atoms with Crippen molar-refractivity contribution < 1.29 is 41.7 Å². The molecule has 0 amide bonds. The summed E-state index contributed by atoms with van der Waals surface area (Å²) in [5, 5.41) is 10.2. The van der Waals surface area contributed by atoms with Crippen LogP contribution < -0.4 is 15.2 Å². The smallest absolute Gasteiger partial charge is 0.387 e. The normalized spacial score (nSPS) is 22.1. The van der Waals surface area contributed by atoms with Gasteiger partial charge in [-0.25, -0.2) is 9.37 Å². The summed E-state index contributed by atoms with van der Waals surface area (Å²) in [6.07, 6.45) is 4.20. The first-order chi connectivity index (χ1) is 17.6. The van der Waals surface area contributed by atoms with Crippen LogP contribution in [0.25, 0.3) is 11.5 Å². The number of aliphatic carboxylic acids is 1. The van der Waals surface area contributed by atoms with Crippen molar-refractivity contribution in [3.63, 3.8) is 0 Å². The van der Waals surface area contributed by atoms with Gasteiger partial charge in [-0.3, -0.25) is 4.79 Å². The molecule has 37 heavy (non-hydrogen) atoms. The first kappa shape index (κ1) is 26.7. The number of carbonyl (C=O) groups is 1. The summed E-state index contributed by atoms with van der Waals surface area (Å²) < 4.78 is 61.6. The zero-order chi connectivity index (χ0) is 26.7. The summed E-state index contributed by atoms with van der Waals surface area (Å²) in [5.41, 5.74) is 5.11. The number of hydrogen-bond acceptors (Lipinski definition) is 7. The second-order valence-electron chi connectivity index (χ2n) is 9.20. The lowest BCUT2D eigenvalue weighted by Crippen LogP contribution is -2.45. The van der Waals surface area contributed by atoms with Crippen molar-refractivity contribution >= 4 is 5.97 Å². The molecule has 1 saturated carbocycles. The Morgan fingerprint density at radius 1 is 1.32 bits per heavy atom. The number of nitrogens with two attached hydrogens (primary N) is 1. The third-order valence-electron chi connectivity index (χ3n) is 6.28. The number of rotatable bonds is 12. The number of alkyl halides is 2. The highest BCUT2D eigenvalue weighted by Crippen LogP contribution is 2.40. The average Bonchev–Trinajstić information content (AvgIpc) is 3.57. The van der Waals surface area contributed by atoms with Gasteiger partial charge in [0, 0.05) is 18.6 Å². The molecular formula is C26H29F3N2O6. The van der Waals surface area contributed by atoms with E-state index in [-0.39, 0.29) is 41.9 Å². The Bertz CT molecular complexity index is 1190. The van der Waals surface area contributed by atoms with Crippen molar-refractivity contribution in [2.75, 3.05) is 13.2 Å². The number of nitrogens with zero attached hydrogens (tertiary/aromatic N) is 1. The summed E-state index contributed by atoms with van der Waals surface area (Å²) in [7, 11) is 0. The van der Waals surface area contributed by atoms with Gasteiger partial charge in [0.25, 0.3) is 0 Å². The molecule has 1 fully saturated rings. The molecule has 0 saturated heterocycles. The largest absolute Gasteiger partial charge is 0.489 e. The van der Waals surface area contributed by atoms with Crippen molar-refractivity contribution in [1.29, 1.82) is 0 Å². The van der Waals surface area contributed by atoms with Gasteiger partial charge in [-0.1, -0.05) is 6.08 Å². The number of carboxylic acid groups (broad SMARTS) is 1. The topological polar surface area (TPSA) is 117 Å². The van der Waals surface area contributed by atoms with Crippen molar-refractivity contribution in [2.24, 2.45) is 17.1 Å². The van der Waals surface area contributed by atoms with Gasteiger partial charge in [0.15, 0.2) is 11.5 Å². The number of carboxylic acids is 1. The minimum atomic E-state index is -3.03. The molecule has 3 atom stereocenters. The molecule has 1 aromatic carbocycles. The lowest BCUT2D eigenvalue weighted by Gasteiger charge is -2.34. The predicted molar refractivity (Wildman–Crippen MR) is 127 cm³/mol. The lowest BCUT2D eigenvalue weighted by atomic mass is 9.74. The van der Waals surface area contributed by atoms with Crippen LogP contribution in [0.15, 0.2) is 46.7 Å². The fourth-order valence-corrected chi connectivity index (χ4v) is 4.16. The number of halogens is 3. The van der Waals surface area contributed by atoms with E-state index in [0.29, 0.717) is 18.1 Å². The molecule has 2 aromatic rings. The molecule has 8 nitrogen and oxygen atoms in total. The van der Waals surface area contributed by atoms with E-state index >= 15 is 0 Å². The molecule has 11 heteroatoms. The maximum absolute atomic E-state index is 14.0. The van der Waals surface area contributed by atoms with Crippen molar-refractivity contribution in [3.8, 4) is 23.0 Å². The van der Waals surface area contributed by atoms with Gasteiger partial charge >= 0.3 is 12.6 Å². The van der Waals surface area contributed by atoms with Gasteiger partial charge in [0.2, 0.25) is 5.89 Å². The number of aromatic nitrogens is 1. The molecule has 1 heterocycles. The van der Waals surface area contributed by atoms with Gasteiger partial charge in [0.1, 0.15) is 17.0 Å². The maximum Gasteiger partial charge on any atom is 0.387 e. The highest BCUT2D eigenvalue weighted by Gasteiger charge is 2.47. The third kappa shape index (κ3) is 5.99. The Kier molecular flexibility index (Phi) is 7.93. The molecule has 0 spiro atoms. The second-order valence-corrected chi connectivity index (χ2v) is 9.20. The van der Waals surface area contributed by atoms with Crippen LogP contribution in [0.2, 0.25) is 0 Å². The van der Waals surface area contributed by atoms with Gasteiger partial charge < -0.3 is 29.5 Å². The van der Waals surface area contributed by atoms with Gasteiger partial charge in [-0.05, 0) is 63.0 Å². The summed E-state index contributed by atoms with van der Waals surface area (Å²) in [6.45, 7) is 0.837. The fraction of sp³-hybridized carbons (Fsp3) is 0.462. The predicted octanol–water partition coefficient (Wildman–Crippen LogP) is 5.19. The van der Waals surface area contributed by atoms with Crippen LogP contribution in [-0.2, 0) is 16.0 Å². The van der Waals surface area contributed by atoms with E-state index in [1.165, 1.54) is 24.3 Å². The number of hydrogen-bond donors (Lipinski definition) is 2. The highest BCUT2D eigenvalue weighted by atomic mass is 19.3. The van der Waals surface area contributed by atoms with Crippen LogP contribution in [0.5, 0.6) is 11.5 Å². The second kappa shape index (κ2) is 11.0. The molecule has 4 rings (SSSR count). The maximum atomic E-state index is 14.0. The van der Waals surface area contributed by atoms with Gasteiger partial charge in [0.05, 0.1) is 24.4 Å². The fourth-order valence-electron chi connectivity index (χ4n) is 4.16. The average molecular weight is 523 g/mol. The van der Waals surface area contributed by atoms with Crippen LogP contribution in [-0.4, -0.2) is 42.0 Å². The molecule has 0 bridgehead atoms. The molecule has 0 aliphatic heterocycles. The van der Waals surface area contributed by atoms with E-state index in [2.05, 4.69) is 9.72 Å². The molecule has 2 aliphatic carbocycles. The lowest BCUT2D eigenvalue weighted by molar-refractivity contribution is -0.152. The van der Waals surface area contributed by atoms with Crippen LogP contribution >= 0.6 is 0 Å². The van der Waals surface area contributed by atoms with E-state index in [9.17, 15) is 23.1 Å². The quantitative estimate of drug-likeness (QED) is 0.391. The Balaban J connectivity index is 1.71. The number of benzene rings is 1. The van der Waals surface area contributed by atoms with Crippen molar-refractivity contribution in [1.82, 2.24) is 4.98 Å². The van der Waals surface area contributed by atoms with Crippen LogP contribution in [0.1, 0.15) is 44.2 Å². The van der Waals surface area contributed by atoms with Gasteiger partial charge in [-0.15, -0.1) is 0 Å². The van der Waals surface area contributed by atoms with Crippen LogP contribution in [0.3, 0.4) is 0 Å². The van der Waals surface area contributed by atoms with E-state index in [4.69, 9.17) is 19.6 Å². The molecule has 1 aromatic heterocycles. The van der Waals surface area contributed by atoms with E-state index in [0.717, 1.165) is 25.0 Å².